The molecule has 9 heteroatoms. The highest BCUT2D eigenvalue weighted by atomic mass is 19.1. The third kappa shape index (κ3) is 2.78. The maximum Gasteiger partial charge on any atom is 0.213 e. The molecule has 0 spiro atoms. The van der Waals surface area contributed by atoms with Gasteiger partial charge in [0, 0.05) is 22.7 Å². The Labute approximate surface area is 157 Å². The molecule has 140 valence electrons. The summed E-state index contributed by atoms with van der Waals surface area (Å²) in [6.45, 7) is 0. The summed E-state index contributed by atoms with van der Waals surface area (Å²) in [5.41, 5.74) is 7.77. The Balaban J connectivity index is 2.09. The third-order valence-corrected chi connectivity index (χ3v) is 4.33. The van der Waals surface area contributed by atoms with Crippen LogP contribution in [0.3, 0.4) is 0 Å². The number of nitrogens with zero attached hydrogens (tertiary/aromatic N) is 4. The molecule has 7 nitrogen and oxygen atoms in total. The first-order chi connectivity index (χ1) is 13.5. The van der Waals surface area contributed by atoms with Crippen molar-refractivity contribution in [1.82, 2.24) is 14.6 Å². The van der Waals surface area contributed by atoms with E-state index in [-0.39, 0.29) is 16.8 Å². The van der Waals surface area contributed by atoms with Crippen LogP contribution in [-0.4, -0.2) is 14.6 Å². The van der Waals surface area contributed by atoms with E-state index in [1.807, 2.05) is 0 Å². The van der Waals surface area contributed by atoms with Gasteiger partial charge in [-0.2, -0.15) is 5.10 Å². The van der Waals surface area contributed by atoms with E-state index < -0.39 is 11.6 Å². The van der Waals surface area contributed by atoms with Gasteiger partial charge < -0.3 is 17.4 Å². The Bertz CT molecular complexity index is 1260. The van der Waals surface area contributed by atoms with Crippen molar-refractivity contribution in [1.29, 1.82) is 0 Å². The molecule has 6 N–H and O–H groups in total. The summed E-state index contributed by atoms with van der Waals surface area (Å²) in [4.78, 5) is 8.38. The topological polar surface area (TPSA) is 121 Å². The first kappa shape index (κ1) is 17.4. The van der Waals surface area contributed by atoms with E-state index >= 15 is 0 Å². The Morgan fingerprint density at radius 2 is 1.75 bits per heavy atom. The lowest BCUT2D eigenvalue weighted by Gasteiger charge is -2.16. The minimum Gasteiger partial charge on any atom is -0.380 e. The fraction of sp³-hybridized carbons (Fsp3) is 0. The van der Waals surface area contributed by atoms with Gasteiger partial charge in [0.1, 0.15) is 17.2 Å². The van der Waals surface area contributed by atoms with Gasteiger partial charge in [-0.05, 0) is 42.5 Å². The van der Waals surface area contributed by atoms with Gasteiger partial charge in [-0.25, -0.2) is 18.4 Å². The van der Waals surface area contributed by atoms with Crippen LogP contribution < -0.4 is 22.9 Å². The van der Waals surface area contributed by atoms with E-state index in [9.17, 15) is 8.78 Å². The highest BCUT2D eigenvalue weighted by molar-refractivity contribution is 5.88. The fourth-order valence-electron chi connectivity index (χ4n) is 3.06. The number of hydrogen-bond acceptors (Lipinski definition) is 6. The van der Waals surface area contributed by atoms with E-state index in [0.29, 0.717) is 27.9 Å². The Kier molecular flexibility index (Phi) is 4.11. The Hall–Kier alpha value is -4.01. The molecule has 0 unspecified atom stereocenters. The molecule has 0 saturated carbocycles. The van der Waals surface area contributed by atoms with Gasteiger partial charge in [-0.15, -0.1) is 0 Å². The fourth-order valence-corrected chi connectivity index (χ4v) is 3.06. The van der Waals surface area contributed by atoms with Crippen molar-refractivity contribution in [3.05, 3.63) is 71.8 Å². The largest absolute Gasteiger partial charge is 0.380 e. The molecule has 0 saturated heterocycles. The minimum atomic E-state index is -0.527. The number of benzene rings is 2. The molecular formula is C19H15F2N7. The molecule has 0 fully saturated rings. The summed E-state index contributed by atoms with van der Waals surface area (Å²) < 4.78 is 29.2. The van der Waals surface area contributed by atoms with Crippen LogP contribution in [0.15, 0.2) is 59.8 Å². The highest BCUT2D eigenvalue weighted by Gasteiger charge is 2.18. The van der Waals surface area contributed by atoms with Crippen LogP contribution in [-0.2, 0) is 0 Å². The molecule has 0 atom stereocenters. The average Bonchev–Trinajstić information content (AvgIpc) is 2.68. The molecule has 4 aromatic rings. The lowest BCUT2D eigenvalue weighted by Crippen LogP contribution is -2.34. The first-order valence-corrected chi connectivity index (χ1v) is 8.21. The molecule has 28 heavy (non-hydrogen) atoms. The zero-order chi connectivity index (χ0) is 19.8. The van der Waals surface area contributed by atoms with Gasteiger partial charge in [-0.1, -0.05) is 6.07 Å². The van der Waals surface area contributed by atoms with Crippen molar-refractivity contribution in [2.45, 2.75) is 0 Å². The van der Waals surface area contributed by atoms with Crippen LogP contribution in [0.25, 0.3) is 33.4 Å². The molecule has 2 aromatic carbocycles. The van der Waals surface area contributed by atoms with Crippen LogP contribution in [0.1, 0.15) is 0 Å². The Morgan fingerprint density at radius 1 is 1.00 bits per heavy atom. The zero-order valence-corrected chi connectivity index (χ0v) is 14.5. The molecule has 0 aliphatic carbocycles. The van der Waals surface area contributed by atoms with Gasteiger partial charge in [0.25, 0.3) is 0 Å². The molecule has 2 aromatic heterocycles. The Morgan fingerprint density at radius 3 is 2.46 bits per heavy atom. The summed E-state index contributed by atoms with van der Waals surface area (Å²) in [5, 5.41) is 4.15. The molecule has 0 aliphatic heterocycles. The molecule has 0 amide bonds. The van der Waals surface area contributed by atoms with E-state index in [1.54, 1.807) is 18.2 Å². The van der Waals surface area contributed by atoms with Crippen molar-refractivity contribution < 1.29 is 8.78 Å². The van der Waals surface area contributed by atoms with Gasteiger partial charge in [-0.3, -0.25) is 4.98 Å². The maximum atomic E-state index is 14.7. The number of aromatic nitrogens is 3. The van der Waals surface area contributed by atoms with Crippen LogP contribution >= 0.6 is 0 Å². The summed E-state index contributed by atoms with van der Waals surface area (Å²) in [5.74, 6) is 10.6. The number of fused-ring (bicyclic) bond motifs is 1. The number of pyridine rings is 1. The SMILES string of the molecule is N/N=c1/c(N)nc(-c2ccc(F)cc2)c(-c2cc(F)c3ncccc3c2)n1N. The smallest absolute Gasteiger partial charge is 0.213 e. The summed E-state index contributed by atoms with van der Waals surface area (Å²) in [7, 11) is 0. The van der Waals surface area contributed by atoms with Crippen LogP contribution in [0.5, 0.6) is 0 Å². The van der Waals surface area contributed by atoms with Gasteiger partial charge >= 0.3 is 0 Å². The summed E-state index contributed by atoms with van der Waals surface area (Å²) in [6.07, 6.45) is 1.51. The van der Waals surface area contributed by atoms with Crippen molar-refractivity contribution in [3.8, 4) is 22.5 Å². The monoisotopic (exact) mass is 379 g/mol. The minimum absolute atomic E-state index is 0.0176. The van der Waals surface area contributed by atoms with Crippen LogP contribution in [0.2, 0.25) is 0 Å². The number of nitrogen functional groups attached to an aromatic ring is 2. The van der Waals surface area contributed by atoms with E-state index in [2.05, 4.69) is 15.1 Å². The zero-order valence-electron chi connectivity index (χ0n) is 14.5. The van der Waals surface area contributed by atoms with Crippen molar-refractivity contribution >= 4 is 16.7 Å². The quantitative estimate of drug-likeness (QED) is 0.364. The van der Waals surface area contributed by atoms with Gasteiger partial charge in [0.15, 0.2) is 5.82 Å². The van der Waals surface area contributed by atoms with Crippen molar-refractivity contribution in [2.24, 2.45) is 10.9 Å². The summed E-state index contributed by atoms with van der Waals surface area (Å²) >= 11 is 0. The van der Waals surface area contributed by atoms with Crippen molar-refractivity contribution in [2.75, 3.05) is 11.6 Å². The number of nitrogens with two attached hydrogens (primary N) is 3. The van der Waals surface area contributed by atoms with Crippen LogP contribution in [0, 0.1) is 11.6 Å². The maximum absolute atomic E-state index is 14.7. The van der Waals surface area contributed by atoms with Crippen molar-refractivity contribution in [3.63, 3.8) is 0 Å². The second kappa shape index (κ2) is 6.62. The molecule has 0 radical (unpaired) electrons. The van der Waals surface area contributed by atoms with E-state index in [0.717, 1.165) is 4.68 Å². The number of hydrogen-bond donors (Lipinski definition) is 3. The second-order valence-electron chi connectivity index (χ2n) is 6.06. The lowest BCUT2D eigenvalue weighted by molar-refractivity contribution is 0.628. The number of rotatable bonds is 2. The average molecular weight is 379 g/mol. The number of anilines is 1. The van der Waals surface area contributed by atoms with E-state index in [4.69, 9.17) is 17.4 Å². The standard InChI is InChI=1S/C19H15F2N7/c20-13-5-3-10(4-6-13)16-17(28(24)19(27-23)18(22)26-16)12-8-11-2-1-7-25-15(11)14(21)9-12/h1-9H,23-24H2,(H2,22,26)/b27-19-. The molecule has 2 heterocycles. The lowest BCUT2D eigenvalue weighted by atomic mass is 10.0. The molecule has 0 bridgehead atoms. The summed E-state index contributed by atoms with van der Waals surface area (Å²) in [6, 6.07) is 12.1. The molecule has 4 rings (SSSR count). The first-order valence-electron chi connectivity index (χ1n) is 8.21. The predicted octanol–water partition coefficient (Wildman–Crippen LogP) is 2.11. The molecular weight excluding hydrogens is 364 g/mol. The highest BCUT2D eigenvalue weighted by Crippen LogP contribution is 2.32. The van der Waals surface area contributed by atoms with E-state index in [1.165, 1.54) is 36.5 Å². The molecule has 0 aliphatic rings. The predicted molar refractivity (Wildman–Crippen MR) is 103 cm³/mol. The second-order valence-corrected chi connectivity index (χ2v) is 6.06. The van der Waals surface area contributed by atoms with Gasteiger partial charge in [0.05, 0.1) is 11.4 Å². The van der Waals surface area contributed by atoms with Crippen LogP contribution in [0.4, 0.5) is 14.6 Å². The number of halogens is 2. The third-order valence-electron chi connectivity index (χ3n) is 4.33. The normalized spacial score (nSPS) is 11.9. The van der Waals surface area contributed by atoms with Gasteiger partial charge in [0.2, 0.25) is 5.49 Å².